The minimum atomic E-state index is -0.726. The quantitative estimate of drug-likeness (QED) is 0.730. The summed E-state index contributed by atoms with van der Waals surface area (Å²) in [5, 5.41) is 9.10. The minimum Gasteiger partial charge on any atom is -0.480 e. The Morgan fingerprint density at radius 2 is 1.69 bits per heavy atom. The zero-order valence-corrected chi connectivity index (χ0v) is 9.29. The van der Waals surface area contributed by atoms with Gasteiger partial charge in [0.1, 0.15) is 6.04 Å². The van der Waals surface area contributed by atoms with Crippen molar-refractivity contribution in [2.24, 2.45) is 5.41 Å². The van der Waals surface area contributed by atoms with Crippen LogP contribution in [0.25, 0.3) is 0 Å². The topological polar surface area (TPSA) is 40.5 Å². The highest BCUT2D eigenvalue weighted by Crippen LogP contribution is 2.24. The van der Waals surface area contributed by atoms with Crippen molar-refractivity contribution in [3.8, 4) is 0 Å². The number of carboxylic acid groups (broad SMARTS) is 1. The minimum absolute atomic E-state index is 0.210. The zero-order chi connectivity index (χ0) is 10.6. The average molecular weight is 187 g/mol. The molecule has 1 unspecified atom stereocenters. The number of rotatable bonds is 4. The molecule has 0 rings (SSSR count). The molecule has 0 saturated carbocycles. The molecule has 0 radical (unpaired) electrons. The Balaban J connectivity index is 4.69. The molecule has 0 fully saturated rings. The van der Waals surface area contributed by atoms with E-state index < -0.39 is 5.97 Å². The van der Waals surface area contributed by atoms with Crippen LogP contribution in [0.5, 0.6) is 0 Å². The van der Waals surface area contributed by atoms with Crippen molar-refractivity contribution in [2.45, 2.75) is 40.7 Å². The summed E-state index contributed by atoms with van der Waals surface area (Å²) < 4.78 is 0. The predicted molar refractivity (Wildman–Crippen MR) is 53.8 cm³/mol. The molecule has 0 aromatic rings. The third kappa shape index (κ3) is 3.35. The van der Waals surface area contributed by atoms with Crippen molar-refractivity contribution in [3.63, 3.8) is 0 Å². The highest BCUT2D eigenvalue weighted by molar-refractivity contribution is 5.74. The van der Waals surface area contributed by atoms with Crippen molar-refractivity contribution in [1.82, 2.24) is 4.90 Å². The Labute approximate surface area is 80.7 Å². The molecule has 3 nitrogen and oxygen atoms in total. The number of nitrogens with zero attached hydrogens (tertiary/aromatic N) is 1. The van der Waals surface area contributed by atoms with Crippen molar-refractivity contribution >= 4 is 5.97 Å². The largest absolute Gasteiger partial charge is 0.480 e. The van der Waals surface area contributed by atoms with Crippen molar-refractivity contribution in [3.05, 3.63) is 0 Å². The van der Waals surface area contributed by atoms with E-state index in [2.05, 4.69) is 0 Å². The number of hydrogen-bond donors (Lipinski definition) is 1. The van der Waals surface area contributed by atoms with Gasteiger partial charge in [0, 0.05) is 0 Å². The fourth-order valence-corrected chi connectivity index (χ4v) is 1.66. The molecule has 0 bridgehead atoms. The molecule has 0 heterocycles. The summed E-state index contributed by atoms with van der Waals surface area (Å²) in [6.45, 7) is 11.4. The van der Waals surface area contributed by atoms with Crippen LogP contribution in [-0.2, 0) is 4.79 Å². The Hall–Kier alpha value is -0.570. The number of likely N-dealkylation sites (N-methyl/N-ethyl adjacent to an activating group) is 1. The van der Waals surface area contributed by atoms with Crippen molar-refractivity contribution < 1.29 is 9.90 Å². The number of carbonyl (C=O) groups is 1. The van der Waals surface area contributed by atoms with Crippen LogP contribution in [0.2, 0.25) is 0 Å². The SMILES string of the molecule is CCN(CC)C(C(=O)O)C(C)(C)C. The average Bonchev–Trinajstić information content (AvgIpc) is 1.96. The van der Waals surface area contributed by atoms with Gasteiger partial charge in [-0.1, -0.05) is 34.6 Å². The van der Waals surface area contributed by atoms with Gasteiger partial charge in [0.2, 0.25) is 0 Å². The molecule has 78 valence electrons. The van der Waals surface area contributed by atoms with Gasteiger partial charge in [0.25, 0.3) is 0 Å². The van der Waals surface area contributed by atoms with Crippen LogP contribution < -0.4 is 0 Å². The Morgan fingerprint density at radius 1 is 1.31 bits per heavy atom. The standard InChI is InChI=1S/C10H21NO2/c1-6-11(7-2)8(9(12)13)10(3,4)5/h8H,6-7H2,1-5H3,(H,12,13). The normalized spacial score (nSPS) is 14.6. The lowest BCUT2D eigenvalue weighted by Gasteiger charge is -2.35. The maximum atomic E-state index is 11.1. The van der Waals surface area contributed by atoms with E-state index in [1.165, 1.54) is 0 Å². The number of hydrogen-bond acceptors (Lipinski definition) is 2. The van der Waals surface area contributed by atoms with E-state index in [-0.39, 0.29) is 11.5 Å². The molecule has 0 aliphatic carbocycles. The maximum absolute atomic E-state index is 11.1. The van der Waals surface area contributed by atoms with Gasteiger partial charge in [-0.05, 0) is 18.5 Å². The fourth-order valence-electron chi connectivity index (χ4n) is 1.66. The second-order valence-corrected chi connectivity index (χ2v) is 4.33. The van der Waals surface area contributed by atoms with Crippen LogP contribution in [-0.4, -0.2) is 35.1 Å². The Kier molecular flexibility index (Phi) is 4.40. The second-order valence-electron chi connectivity index (χ2n) is 4.33. The van der Waals surface area contributed by atoms with E-state index in [4.69, 9.17) is 5.11 Å². The van der Waals surface area contributed by atoms with E-state index in [1.54, 1.807) is 0 Å². The van der Waals surface area contributed by atoms with Crippen molar-refractivity contribution in [1.29, 1.82) is 0 Å². The monoisotopic (exact) mass is 187 g/mol. The lowest BCUT2D eigenvalue weighted by Crippen LogP contribution is -2.49. The molecular weight excluding hydrogens is 166 g/mol. The molecule has 1 N–H and O–H groups in total. The summed E-state index contributed by atoms with van der Waals surface area (Å²) in [5.74, 6) is -0.726. The van der Waals surface area contributed by atoms with Gasteiger partial charge in [-0.25, -0.2) is 0 Å². The third-order valence-corrected chi connectivity index (χ3v) is 2.23. The molecule has 0 aromatic carbocycles. The highest BCUT2D eigenvalue weighted by Gasteiger charge is 2.34. The Bertz CT molecular complexity index is 168. The van der Waals surface area contributed by atoms with Crippen molar-refractivity contribution in [2.75, 3.05) is 13.1 Å². The zero-order valence-electron chi connectivity index (χ0n) is 9.29. The van der Waals surface area contributed by atoms with Gasteiger partial charge in [0.15, 0.2) is 0 Å². The molecule has 1 atom stereocenters. The molecular formula is C10H21NO2. The van der Waals surface area contributed by atoms with E-state index in [0.717, 1.165) is 13.1 Å². The first kappa shape index (κ1) is 12.4. The van der Waals surface area contributed by atoms with Gasteiger partial charge in [0.05, 0.1) is 0 Å². The fraction of sp³-hybridized carbons (Fsp3) is 0.900. The van der Waals surface area contributed by atoms with Crippen LogP contribution in [0.4, 0.5) is 0 Å². The summed E-state index contributed by atoms with van der Waals surface area (Å²) in [6.07, 6.45) is 0. The third-order valence-electron chi connectivity index (χ3n) is 2.23. The molecule has 0 aromatic heterocycles. The first-order valence-electron chi connectivity index (χ1n) is 4.81. The molecule has 13 heavy (non-hydrogen) atoms. The number of carboxylic acids is 1. The van der Waals surface area contributed by atoms with Gasteiger partial charge in [-0.3, -0.25) is 9.69 Å². The molecule has 3 heteroatoms. The van der Waals surface area contributed by atoms with E-state index >= 15 is 0 Å². The van der Waals surface area contributed by atoms with Gasteiger partial charge in [-0.15, -0.1) is 0 Å². The van der Waals surface area contributed by atoms with Crippen LogP contribution in [0.1, 0.15) is 34.6 Å². The summed E-state index contributed by atoms with van der Waals surface area (Å²) in [4.78, 5) is 13.0. The summed E-state index contributed by atoms with van der Waals surface area (Å²) in [6, 6.07) is -0.387. The molecule has 0 spiro atoms. The Morgan fingerprint density at radius 3 is 1.77 bits per heavy atom. The van der Waals surface area contributed by atoms with Crippen LogP contribution >= 0.6 is 0 Å². The van der Waals surface area contributed by atoms with E-state index in [0.29, 0.717) is 0 Å². The summed E-state index contributed by atoms with van der Waals surface area (Å²) >= 11 is 0. The van der Waals surface area contributed by atoms with Crippen LogP contribution in [0, 0.1) is 5.41 Å². The summed E-state index contributed by atoms with van der Waals surface area (Å²) in [5.41, 5.74) is -0.210. The first-order chi connectivity index (χ1) is 5.84. The molecule has 0 saturated heterocycles. The number of aliphatic carboxylic acids is 1. The lowest BCUT2D eigenvalue weighted by atomic mass is 9.85. The van der Waals surface area contributed by atoms with Crippen LogP contribution in [0.15, 0.2) is 0 Å². The van der Waals surface area contributed by atoms with E-state index in [1.807, 2.05) is 39.5 Å². The van der Waals surface area contributed by atoms with Gasteiger partial charge in [-0.2, -0.15) is 0 Å². The predicted octanol–water partition coefficient (Wildman–Crippen LogP) is 1.83. The molecule has 0 aliphatic rings. The van der Waals surface area contributed by atoms with E-state index in [9.17, 15) is 4.79 Å². The lowest BCUT2D eigenvalue weighted by molar-refractivity contribution is -0.147. The molecule has 0 amide bonds. The van der Waals surface area contributed by atoms with Gasteiger partial charge < -0.3 is 5.11 Å². The molecule has 0 aliphatic heterocycles. The smallest absolute Gasteiger partial charge is 0.321 e. The second kappa shape index (κ2) is 4.61. The highest BCUT2D eigenvalue weighted by atomic mass is 16.4. The maximum Gasteiger partial charge on any atom is 0.321 e. The summed E-state index contributed by atoms with van der Waals surface area (Å²) in [7, 11) is 0. The van der Waals surface area contributed by atoms with Gasteiger partial charge >= 0.3 is 5.97 Å². The first-order valence-corrected chi connectivity index (χ1v) is 4.81. The van der Waals surface area contributed by atoms with Crippen LogP contribution in [0.3, 0.4) is 0 Å².